The lowest BCUT2D eigenvalue weighted by atomic mass is 10.4. The second-order valence-corrected chi connectivity index (χ2v) is 3.48. The van der Waals surface area contributed by atoms with Crippen molar-refractivity contribution >= 4 is 7.60 Å². The predicted octanol–water partition coefficient (Wildman–Crippen LogP) is 0.0586. The molecule has 0 saturated carbocycles. The number of hydrogen-bond acceptors (Lipinski definition) is 2. The van der Waals surface area contributed by atoms with Crippen LogP contribution in [-0.4, -0.2) is 20.7 Å². The van der Waals surface area contributed by atoms with Crippen LogP contribution >= 0.6 is 7.60 Å². The van der Waals surface area contributed by atoms with Crippen LogP contribution in [0.5, 0.6) is 0 Å². The van der Waals surface area contributed by atoms with E-state index >= 15 is 0 Å². The van der Waals surface area contributed by atoms with Crippen molar-refractivity contribution < 1.29 is 19.5 Å². The first-order valence-electron chi connectivity index (χ1n) is 2.24. The van der Waals surface area contributed by atoms with Crippen LogP contribution in [0.25, 0.3) is 0 Å². The van der Waals surface area contributed by atoms with E-state index in [1.54, 1.807) is 0 Å². The van der Waals surface area contributed by atoms with Gasteiger partial charge in [0.1, 0.15) is 0 Å². The monoisotopic (exact) mass is 152 g/mol. The molecule has 0 aromatic rings. The highest BCUT2D eigenvalue weighted by Crippen LogP contribution is 2.42. The van der Waals surface area contributed by atoms with Crippen LogP contribution in [0.1, 0.15) is 6.92 Å². The molecule has 0 aliphatic heterocycles. The van der Waals surface area contributed by atoms with E-state index in [1.807, 2.05) is 0 Å². The number of hydrogen-bond donors (Lipinski definition) is 3. The van der Waals surface area contributed by atoms with Crippen molar-refractivity contribution in [3.8, 4) is 0 Å². The fourth-order valence-corrected chi connectivity index (χ4v) is 0.861. The SMILES string of the molecule is C=C(C)[C@@H](O)P(=O)(O)O. The normalized spacial score (nSPS) is 15.1. The Morgan fingerprint density at radius 1 is 1.67 bits per heavy atom. The molecule has 0 aromatic carbocycles. The van der Waals surface area contributed by atoms with Gasteiger partial charge in [-0.3, -0.25) is 4.57 Å². The summed E-state index contributed by atoms with van der Waals surface area (Å²) in [5, 5.41) is 8.60. The van der Waals surface area contributed by atoms with Crippen LogP contribution in [0.2, 0.25) is 0 Å². The molecular weight excluding hydrogens is 143 g/mol. The smallest absolute Gasteiger partial charge is 0.357 e. The van der Waals surface area contributed by atoms with Crippen molar-refractivity contribution in [2.24, 2.45) is 0 Å². The van der Waals surface area contributed by atoms with E-state index < -0.39 is 13.4 Å². The molecule has 0 aromatic heterocycles. The Bertz CT molecular complexity index is 158. The maximum atomic E-state index is 10.2. The fourth-order valence-electron chi connectivity index (χ4n) is 0.287. The zero-order valence-corrected chi connectivity index (χ0v) is 5.88. The summed E-state index contributed by atoms with van der Waals surface area (Å²) in [6, 6.07) is 0. The predicted molar refractivity (Wildman–Crippen MR) is 32.9 cm³/mol. The van der Waals surface area contributed by atoms with E-state index in [4.69, 9.17) is 14.9 Å². The highest BCUT2D eigenvalue weighted by Gasteiger charge is 2.26. The Morgan fingerprint density at radius 3 is 2.00 bits per heavy atom. The molecule has 9 heavy (non-hydrogen) atoms. The number of rotatable bonds is 2. The summed E-state index contributed by atoms with van der Waals surface area (Å²) in [6.45, 7) is 4.53. The van der Waals surface area contributed by atoms with Gasteiger partial charge in [0.05, 0.1) is 0 Å². The van der Waals surface area contributed by atoms with Crippen LogP contribution in [-0.2, 0) is 4.57 Å². The highest BCUT2D eigenvalue weighted by molar-refractivity contribution is 7.52. The summed E-state index contributed by atoms with van der Waals surface area (Å²) in [4.78, 5) is 16.5. The molecule has 5 heteroatoms. The standard InChI is InChI=1S/C4H9O4P/c1-3(2)4(5)9(6,7)8/h4-5H,1H2,2H3,(H2,6,7,8)/t4-/m0/s1. The van der Waals surface area contributed by atoms with E-state index in [2.05, 4.69) is 6.58 Å². The van der Waals surface area contributed by atoms with Crippen molar-refractivity contribution in [3.05, 3.63) is 12.2 Å². The minimum Gasteiger partial charge on any atom is -0.376 e. The quantitative estimate of drug-likeness (QED) is 0.386. The Hall–Kier alpha value is -0.150. The maximum absolute atomic E-state index is 10.2. The Balaban J connectivity index is 4.23. The van der Waals surface area contributed by atoms with Crippen LogP contribution in [0.3, 0.4) is 0 Å². The second-order valence-electron chi connectivity index (χ2n) is 1.81. The summed E-state index contributed by atoms with van der Waals surface area (Å²) in [7, 11) is -4.36. The molecule has 0 rings (SSSR count). The molecule has 0 fully saturated rings. The average molecular weight is 152 g/mol. The summed E-state index contributed by atoms with van der Waals surface area (Å²) >= 11 is 0. The Kier molecular flexibility index (Phi) is 2.58. The minimum atomic E-state index is -4.36. The van der Waals surface area contributed by atoms with Gasteiger partial charge in [-0.15, -0.1) is 0 Å². The van der Waals surface area contributed by atoms with Crippen molar-refractivity contribution in [3.63, 3.8) is 0 Å². The highest BCUT2D eigenvalue weighted by atomic mass is 31.2. The lowest BCUT2D eigenvalue weighted by Crippen LogP contribution is -2.06. The van der Waals surface area contributed by atoms with Crippen molar-refractivity contribution in [1.82, 2.24) is 0 Å². The molecule has 0 aliphatic carbocycles. The van der Waals surface area contributed by atoms with Gasteiger partial charge in [-0.05, 0) is 12.5 Å². The van der Waals surface area contributed by atoms with Crippen LogP contribution < -0.4 is 0 Å². The summed E-state index contributed by atoms with van der Waals surface area (Å²) in [6.07, 6.45) is 0. The molecule has 0 radical (unpaired) electrons. The van der Waals surface area contributed by atoms with Crippen LogP contribution in [0, 0.1) is 0 Å². The third kappa shape index (κ3) is 2.77. The van der Waals surface area contributed by atoms with Crippen LogP contribution in [0.4, 0.5) is 0 Å². The summed E-state index contributed by atoms with van der Waals surface area (Å²) in [5.41, 5.74) is 0.0725. The first kappa shape index (κ1) is 8.85. The third-order valence-corrected chi connectivity index (χ3v) is 1.84. The zero-order chi connectivity index (χ0) is 7.65. The lowest BCUT2D eigenvalue weighted by Gasteiger charge is -2.10. The molecule has 0 spiro atoms. The Labute approximate surface area is 53.0 Å². The minimum absolute atomic E-state index is 0.0725. The average Bonchev–Trinajstić information content (AvgIpc) is 1.62. The molecule has 0 bridgehead atoms. The van der Waals surface area contributed by atoms with Gasteiger partial charge in [-0.25, -0.2) is 0 Å². The van der Waals surface area contributed by atoms with Crippen molar-refractivity contribution in [2.45, 2.75) is 12.8 Å². The van der Waals surface area contributed by atoms with Crippen molar-refractivity contribution in [2.75, 3.05) is 0 Å². The zero-order valence-electron chi connectivity index (χ0n) is 4.98. The molecule has 0 saturated heterocycles. The molecular formula is C4H9O4P. The van der Waals surface area contributed by atoms with Gasteiger partial charge in [-0.2, -0.15) is 0 Å². The third-order valence-electron chi connectivity index (χ3n) is 0.759. The van der Waals surface area contributed by atoms with Gasteiger partial charge in [0.15, 0.2) is 5.85 Å². The van der Waals surface area contributed by atoms with E-state index in [0.29, 0.717) is 0 Å². The molecule has 0 aliphatic rings. The lowest BCUT2D eigenvalue weighted by molar-refractivity contribution is 0.230. The van der Waals surface area contributed by atoms with Gasteiger partial charge in [-0.1, -0.05) is 6.58 Å². The molecule has 4 nitrogen and oxygen atoms in total. The Morgan fingerprint density at radius 2 is 2.00 bits per heavy atom. The first-order chi connectivity index (χ1) is 3.85. The molecule has 54 valence electrons. The maximum Gasteiger partial charge on any atom is 0.357 e. The van der Waals surface area contributed by atoms with E-state index in [-0.39, 0.29) is 5.57 Å². The molecule has 0 amide bonds. The first-order valence-corrected chi connectivity index (χ1v) is 3.92. The van der Waals surface area contributed by atoms with E-state index in [9.17, 15) is 4.57 Å². The molecule has 0 heterocycles. The van der Waals surface area contributed by atoms with Crippen molar-refractivity contribution in [1.29, 1.82) is 0 Å². The number of aliphatic hydroxyl groups excluding tert-OH is 1. The topological polar surface area (TPSA) is 77.8 Å². The van der Waals surface area contributed by atoms with Gasteiger partial charge < -0.3 is 14.9 Å². The van der Waals surface area contributed by atoms with Gasteiger partial charge >= 0.3 is 7.60 Å². The largest absolute Gasteiger partial charge is 0.376 e. The molecule has 3 N–H and O–H groups in total. The van der Waals surface area contributed by atoms with Gasteiger partial charge in [0.25, 0.3) is 0 Å². The van der Waals surface area contributed by atoms with E-state index in [1.165, 1.54) is 6.92 Å². The van der Waals surface area contributed by atoms with Crippen LogP contribution in [0.15, 0.2) is 12.2 Å². The molecule has 0 unspecified atom stereocenters. The summed E-state index contributed by atoms with van der Waals surface area (Å²) in [5.74, 6) is -1.71. The van der Waals surface area contributed by atoms with Gasteiger partial charge in [0, 0.05) is 0 Å². The fraction of sp³-hybridized carbons (Fsp3) is 0.500. The second kappa shape index (κ2) is 2.62. The summed E-state index contributed by atoms with van der Waals surface area (Å²) < 4.78 is 10.2. The number of aliphatic hydroxyl groups is 1. The van der Waals surface area contributed by atoms with Gasteiger partial charge in [0.2, 0.25) is 0 Å². The molecule has 1 atom stereocenters. The van der Waals surface area contributed by atoms with E-state index in [0.717, 1.165) is 0 Å².